The van der Waals surface area contributed by atoms with E-state index in [0.29, 0.717) is 12.6 Å². The second-order valence-corrected chi connectivity index (χ2v) is 7.10. The zero-order valence-electron chi connectivity index (χ0n) is 16.8. The zero-order valence-corrected chi connectivity index (χ0v) is 19.1. The summed E-state index contributed by atoms with van der Waals surface area (Å²) >= 11 is 0. The minimum absolute atomic E-state index is 0. The Kier molecular flexibility index (Phi) is 9.54. The summed E-state index contributed by atoms with van der Waals surface area (Å²) in [7, 11) is 1.80. The third kappa shape index (κ3) is 6.96. The van der Waals surface area contributed by atoms with E-state index in [2.05, 4.69) is 51.8 Å². The third-order valence-corrected chi connectivity index (χ3v) is 4.92. The Balaban J connectivity index is 0.00000280. The zero-order chi connectivity index (χ0) is 18.9. The standard InChI is InChI=1S/C22H30N4O.HI/c1-17-9-10-19(21(14-17)27-20-7-3-4-8-20)16-26-22(23-2)25-13-11-18-6-5-12-24-15-18;/h5-6,9-10,12,14-15,20H,3-4,7-8,11,13,16H2,1-2H3,(H2,23,25,26);1H. The molecule has 152 valence electrons. The lowest BCUT2D eigenvalue weighted by Crippen LogP contribution is -2.38. The molecule has 0 radical (unpaired) electrons. The first-order valence-electron chi connectivity index (χ1n) is 9.84. The van der Waals surface area contributed by atoms with Gasteiger partial charge in [-0.1, -0.05) is 18.2 Å². The number of hydrogen-bond donors (Lipinski definition) is 2. The molecule has 1 aromatic heterocycles. The molecule has 1 fully saturated rings. The molecular weight excluding hydrogens is 463 g/mol. The maximum Gasteiger partial charge on any atom is 0.191 e. The Morgan fingerprint density at radius 1 is 1.21 bits per heavy atom. The molecule has 0 aliphatic heterocycles. The molecule has 2 aromatic rings. The number of nitrogens with zero attached hydrogens (tertiary/aromatic N) is 2. The van der Waals surface area contributed by atoms with Crippen molar-refractivity contribution < 1.29 is 4.74 Å². The van der Waals surface area contributed by atoms with Crippen LogP contribution in [0.1, 0.15) is 42.4 Å². The van der Waals surface area contributed by atoms with Crippen molar-refractivity contribution in [2.45, 2.75) is 51.7 Å². The maximum atomic E-state index is 6.28. The monoisotopic (exact) mass is 494 g/mol. The number of aryl methyl sites for hydroxylation is 1. The molecule has 0 saturated heterocycles. The normalized spacial score (nSPS) is 14.4. The quantitative estimate of drug-likeness (QED) is 0.344. The van der Waals surface area contributed by atoms with Gasteiger partial charge in [0, 0.05) is 38.1 Å². The summed E-state index contributed by atoms with van der Waals surface area (Å²) in [5.74, 6) is 1.80. The van der Waals surface area contributed by atoms with Crippen LogP contribution in [-0.2, 0) is 13.0 Å². The van der Waals surface area contributed by atoms with Crippen molar-refractivity contribution in [3.8, 4) is 5.75 Å². The summed E-state index contributed by atoms with van der Waals surface area (Å²) in [6.45, 7) is 3.61. The van der Waals surface area contributed by atoms with Crippen LogP contribution in [0.25, 0.3) is 0 Å². The van der Waals surface area contributed by atoms with E-state index in [1.165, 1.54) is 42.4 Å². The number of nitrogens with one attached hydrogen (secondary N) is 2. The Morgan fingerprint density at radius 2 is 2.04 bits per heavy atom. The van der Waals surface area contributed by atoms with Gasteiger partial charge < -0.3 is 15.4 Å². The van der Waals surface area contributed by atoms with E-state index >= 15 is 0 Å². The SMILES string of the molecule is CN=C(NCCc1cccnc1)NCc1ccc(C)cc1OC1CCCC1.I. The van der Waals surface area contributed by atoms with Gasteiger partial charge >= 0.3 is 0 Å². The predicted octanol–water partition coefficient (Wildman–Crippen LogP) is 4.24. The summed E-state index contributed by atoms with van der Waals surface area (Å²) in [5, 5.41) is 6.76. The highest BCUT2D eigenvalue weighted by Gasteiger charge is 2.18. The van der Waals surface area contributed by atoms with E-state index in [0.717, 1.165) is 24.7 Å². The van der Waals surface area contributed by atoms with Gasteiger partial charge in [-0.3, -0.25) is 9.98 Å². The van der Waals surface area contributed by atoms with Crippen molar-refractivity contribution in [3.05, 3.63) is 59.4 Å². The smallest absolute Gasteiger partial charge is 0.191 e. The number of benzene rings is 1. The largest absolute Gasteiger partial charge is 0.490 e. The second-order valence-electron chi connectivity index (χ2n) is 7.10. The van der Waals surface area contributed by atoms with Gasteiger partial charge in [0.1, 0.15) is 5.75 Å². The van der Waals surface area contributed by atoms with Gasteiger partial charge in [0.25, 0.3) is 0 Å². The summed E-state index contributed by atoms with van der Waals surface area (Å²) in [6.07, 6.45) is 9.85. The molecule has 1 aromatic carbocycles. The van der Waals surface area contributed by atoms with Crippen LogP contribution >= 0.6 is 24.0 Å². The first kappa shape index (κ1) is 22.5. The molecule has 0 amide bonds. The predicted molar refractivity (Wildman–Crippen MR) is 126 cm³/mol. The highest BCUT2D eigenvalue weighted by atomic mass is 127. The second kappa shape index (κ2) is 11.9. The van der Waals surface area contributed by atoms with Gasteiger partial charge in [-0.15, -0.1) is 24.0 Å². The van der Waals surface area contributed by atoms with Gasteiger partial charge in [-0.25, -0.2) is 0 Å². The lowest BCUT2D eigenvalue weighted by atomic mass is 10.1. The van der Waals surface area contributed by atoms with Gasteiger partial charge in [0.05, 0.1) is 6.10 Å². The van der Waals surface area contributed by atoms with Crippen LogP contribution in [-0.4, -0.2) is 30.6 Å². The number of halogens is 1. The number of aliphatic imine (C=N–C) groups is 1. The molecule has 1 aliphatic carbocycles. The van der Waals surface area contributed by atoms with Crippen LogP contribution in [0.2, 0.25) is 0 Å². The number of guanidine groups is 1. The van der Waals surface area contributed by atoms with Gasteiger partial charge in [-0.2, -0.15) is 0 Å². The third-order valence-electron chi connectivity index (χ3n) is 4.92. The number of hydrogen-bond acceptors (Lipinski definition) is 3. The van der Waals surface area contributed by atoms with Crippen molar-refractivity contribution >= 4 is 29.9 Å². The molecule has 0 bridgehead atoms. The van der Waals surface area contributed by atoms with Gasteiger partial charge in [0.2, 0.25) is 0 Å². The molecule has 1 aliphatic rings. The Bertz CT molecular complexity index is 745. The first-order valence-corrected chi connectivity index (χ1v) is 9.84. The fraction of sp³-hybridized carbons (Fsp3) is 0.455. The minimum Gasteiger partial charge on any atom is -0.490 e. The molecule has 1 heterocycles. The van der Waals surface area contributed by atoms with Crippen LogP contribution in [0.3, 0.4) is 0 Å². The fourth-order valence-corrected chi connectivity index (χ4v) is 3.37. The number of ether oxygens (including phenoxy) is 1. The topological polar surface area (TPSA) is 58.5 Å². The summed E-state index contributed by atoms with van der Waals surface area (Å²) in [6, 6.07) is 10.5. The molecule has 6 heteroatoms. The van der Waals surface area contributed by atoms with Crippen LogP contribution in [0.15, 0.2) is 47.7 Å². The average molecular weight is 494 g/mol. The van der Waals surface area contributed by atoms with E-state index in [1.807, 2.05) is 12.3 Å². The van der Waals surface area contributed by atoms with E-state index < -0.39 is 0 Å². The highest BCUT2D eigenvalue weighted by Crippen LogP contribution is 2.27. The fourth-order valence-electron chi connectivity index (χ4n) is 3.37. The minimum atomic E-state index is 0. The molecule has 0 unspecified atom stereocenters. The van der Waals surface area contributed by atoms with Gasteiger partial charge in [0.15, 0.2) is 5.96 Å². The van der Waals surface area contributed by atoms with E-state index in [4.69, 9.17) is 4.74 Å². The molecule has 0 spiro atoms. The molecule has 0 atom stereocenters. The lowest BCUT2D eigenvalue weighted by molar-refractivity contribution is 0.207. The molecular formula is C22H31IN4O. The summed E-state index contributed by atoms with van der Waals surface area (Å²) < 4.78 is 6.28. The van der Waals surface area contributed by atoms with Crippen LogP contribution in [0.5, 0.6) is 5.75 Å². The molecule has 3 rings (SSSR count). The number of rotatable bonds is 7. The number of aromatic nitrogens is 1. The van der Waals surface area contributed by atoms with E-state index in [1.54, 1.807) is 13.2 Å². The summed E-state index contributed by atoms with van der Waals surface area (Å²) in [4.78, 5) is 8.47. The van der Waals surface area contributed by atoms with Crippen LogP contribution < -0.4 is 15.4 Å². The maximum absolute atomic E-state index is 6.28. The van der Waals surface area contributed by atoms with Crippen molar-refractivity contribution in [2.24, 2.45) is 4.99 Å². The molecule has 28 heavy (non-hydrogen) atoms. The number of pyridine rings is 1. The molecule has 1 saturated carbocycles. The summed E-state index contributed by atoms with van der Waals surface area (Å²) in [5.41, 5.74) is 3.61. The van der Waals surface area contributed by atoms with E-state index in [-0.39, 0.29) is 24.0 Å². The molecule has 5 nitrogen and oxygen atoms in total. The van der Waals surface area contributed by atoms with Crippen LogP contribution in [0.4, 0.5) is 0 Å². The van der Waals surface area contributed by atoms with Crippen molar-refractivity contribution in [1.82, 2.24) is 15.6 Å². The first-order chi connectivity index (χ1) is 13.2. The van der Waals surface area contributed by atoms with Gasteiger partial charge in [-0.05, 0) is 62.3 Å². The Morgan fingerprint density at radius 3 is 2.75 bits per heavy atom. The molecule has 2 N–H and O–H groups in total. The van der Waals surface area contributed by atoms with Crippen molar-refractivity contribution in [1.29, 1.82) is 0 Å². The van der Waals surface area contributed by atoms with Crippen molar-refractivity contribution in [3.63, 3.8) is 0 Å². The Labute approximate surface area is 185 Å². The lowest BCUT2D eigenvalue weighted by Gasteiger charge is -2.18. The van der Waals surface area contributed by atoms with E-state index in [9.17, 15) is 0 Å². The average Bonchev–Trinajstić information content (AvgIpc) is 3.19. The highest BCUT2D eigenvalue weighted by molar-refractivity contribution is 14.0. The van der Waals surface area contributed by atoms with Crippen LogP contribution in [0, 0.1) is 6.92 Å². The van der Waals surface area contributed by atoms with Crippen molar-refractivity contribution in [2.75, 3.05) is 13.6 Å². The Hall–Kier alpha value is -1.83.